The van der Waals surface area contributed by atoms with Crippen LogP contribution in [0.2, 0.25) is 0 Å². The molecule has 106 valence electrons. The highest BCUT2D eigenvalue weighted by atomic mass is 16.5. The number of hydrogen-bond donors (Lipinski definition) is 2. The molecule has 0 amide bonds. The molecule has 0 aromatic heterocycles. The molecule has 1 atom stereocenters. The number of nitrogens with one attached hydrogen (secondary N) is 1. The van der Waals surface area contributed by atoms with Crippen molar-refractivity contribution < 1.29 is 9.53 Å². The largest absolute Gasteiger partial charge is 0.460 e. The van der Waals surface area contributed by atoms with Gasteiger partial charge in [0.25, 0.3) is 0 Å². The van der Waals surface area contributed by atoms with E-state index in [1.165, 1.54) is 0 Å². The summed E-state index contributed by atoms with van der Waals surface area (Å²) in [6, 6.07) is 7.13. The Morgan fingerprint density at radius 2 is 1.95 bits per heavy atom. The minimum absolute atomic E-state index is 0.237. The summed E-state index contributed by atoms with van der Waals surface area (Å²) in [7, 11) is 0. The Morgan fingerprint density at radius 1 is 1.37 bits per heavy atom. The van der Waals surface area contributed by atoms with Crippen LogP contribution in [0.3, 0.4) is 0 Å². The average Bonchev–Trinajstić information content (AvgIpc) is 2.36. The van der Waals surface area contributed by atoms with Gasteiger partial charge in [-0.3, -0.25) is 0 Å². The van der Waals surface area contributed by atoms with Crippen molar-refractivity contribution in [2.45, 2.75) is 45.7 Å². The minimum Gasteiger partial charge on any atom is -0.460 e. The van der Waals surface area contributed by atoms with E-state index < -0.39 is 0 Å². The van der Waals surface area contributed by atoms with E-state index in [4.69, 9.17) is 10.5 Å². The smallest absolute Gasteiger partial charge is 0.338 e. The lowest BCUT2D eigenvalue weighted by atomic mass is 10.0. The third-order valence-electron chi connectivity index (χ3n) is 2.96. The number of rotatable bonds is 6. The first-order chi connectivity index (χ1) is 8.84. The summed E-state index contributed by atoms with van der Waals surface area (Å²) in [5.74, 6) is -0.320. The van der Waals surface area contributed by atoms with E-state index >= 15 is 0 Å². The molecule has 0 aliphatic carbocycles. The van der Waals surface area contributed by atoms with E-state index in [0.717, 1.165) is 6.42 Å². The maximum Gasteiger partial charge on any atom is 0.338 e. The normalized spacial score (nSPS) is 13.1. The van der Waals surface area contributed by atoms with Crippen molar-refractivity contribution in [1.29, 1.82) is 0 Å². The molecule has 3 N–H and O–H groups in total. The molecular weight excluding hydrogens is 240 g/mol. The van der Waals surface area contributed by atoms with E-state index in [9.17, 15) is 4.79 Å². The fraction of sp³-hybridized carbons (Fsp3) is 0.533. The molecule has 4 heteroatoms. The number of benzene rings is 1. The predicted octanol–water partition coefficient (Wildman–Crippen LogP) is 2.59. The van der Waals surface area contributed by atoms with Gasteiger partial charge in [-0.05, 0) is 51.5 Å². The molecule has 1 aromatic rings. The third kappa shape index (κ3) is 5.30. The number of carbonyl (C=O) groups excluding carboxylic acids is 1. The molecular formula is C15H24N2O2. The number of esters is 1. The van der Waals surface area contributed by atoms with E-state index in [2.05, 4.69) is 19.2 Å². The molecule has 0 aliphatic rings. The molecule has 1 aromatic carbocycles. The van der Waals surface area contributed by atoms with Gasteiger partial charge in [0.05, 0.1) is 5.56 Å². The second-order valence-corrected chi connectivity index (χ2v) is 5.54. The summed E-state index contributed by atoms with van der Waals surface area (Å²) in [5, 5.41) is 3.42. The Bertz CT molecular complexity index is 413. The van der Waals surface area contributed by atoms with Gasteiger partial charge in [0.1, 0.15) is 6.61 Å². The van der Waals surface area contributed by atoms with Gasteiger partial charge in [-0.15, -0.1) is 0 Å². The highest BCUT2D eigenvalue weighted by molar-refractivity contribution is 5.89. The van der Waals surface area contributed by atoms with Crippen molar-refractivity contribution in [2.75, 3.05) is 12.3 Å². The van der Waals surface area contributed by atoms with Gasteiger partial charge in [-0.1, -0.05) is 6.92 Å². The van der Waals surface area contributed by atoms with Crippen LogP contribution in [0.4, 0.5) is 5.69 Å². The maximum atomic E-state index is 11.9. The molecule has 0 aliphatic heterocycles. The van der Waals surface area contributed by atoms with Crippen LogP contribution in [0.15, 0.2) is 24.3 Å². The zero-order valence-electron chi connectivity index (χ0n) is 12.2. The zero-order valence-corrected chi connectivity index (χ0v) is 12.2. The first-order valence-corrected chi connectivity index (χ1v) is 6.64. The molecule has 0 saturated carbocycles. The van der Waals surface area contributed by atoms with Gasteiger partial charge in [0, 0.05) is 17.3 Å². The van der Waals surface area contributed by atoms with Crippen LogP contribution < -0.4 is 11.1 Å². The monoisotopic (exact) mass is 264 g/mol. The zero-order chi connectivity index (χ0) is 14.5. The van der Waals surface area contributed by atoms with Gasteiger partial charge in [0.15, 0.2) is 0 Å². The second kappa shape index (κ2) is 6.57. The number of anilines is 1. The summed E-state index contributed by atoms with van der Waals surface area (Å²) in [4.78, 5) is 11.9. The fourth-order valence-corrected chi connectivity index (χ4v) is 1.76. The first-order valence-electron chi connectivity index (χ1n) is 6.64. The van der Waals surface area contributed by atoms with Crippen LogP contribution in [0.1, 0.15) is 44.5 Å². The molecule has 0 fully saturated rings. The Labute approximate surface area is 115 Å². The van der Waals surface area contributed by atoms with Crippen LogP contribution in [-0.2, 0) is 4.74 Å². The Hall–Kier alpha value is -1.55. The summed E-state index contributed by atoms with van der Waals surface area (Å²) >= 11 is 0. The van der Waals surface area contributed by atoms with E-state index in [1.54, 1.807) is 24.3 Å². The topological polar surface area (TPSA) is 64.3 Å². The number of nitrogens with two attached hydrogens (primary N) is 1. The van der Waals surface area contributed by atoms with Crippen molar-refractivity contribution in [3.05, 3.63) is 29.8 Å². The summed E-state index contributed by atoms with van der Waals surface area (Å²) in [5.41, 5.74) is 6.50. The molecule has 0 saturated heterocycles. The lowest BCUT2D eigenvalue weighted by Gasteiger charge is -2.29. The number of ether oxygens (including phenoxy) is 1. The van der Waals surface area contributed by atoms with Gasteiger partial charge >= 0.3 is 5.97 Å². The van der Waals surface area contributed by atoms with Crippen molar-refractivity contribution in [2.24, 2.45) is 0 Å². The van der Waals surface area contributed by atoms with Crippen molar-refractivity contribution in [1.82, 2.24) is 5.32 Å². The number of nitrogen functional groups attached to an aromatic ring is 1. The highest BCUT2D eigenvalue weighted by Crippen LogP contribution is 2.10. The van der Waals surface area contributed by atoms with Crippen LogP contribution in [0.5, 0.6) is 0 Å². The van der Waals surface area contributed by atoms with Crippen LogP contribution in [-0.4, -0.2) is 24.2 Å². The van der Waals surface area contributed by atoms with Crippen LogP contribution in [0, 0.1) is 0 Å². The molecule has 19 heavy (non-hydrogen) atoms. The van der Waals surface area contributed by atoms with E-state index in [1.807, 2.05) is 13.8 Å². The highest BCUT2D eigenvalue weighted by Gasteiger charge is 2.22. The quantitative estimate of drug-likeness (QED) is 0.612. The third-order valence-corrected chi connectivity index (χ3v) is 2.96. The molecule has 0 bridgehead atoms. The molecule has 0 spiro atoms. The molecule has 1 rings (SSSR count). The van der Waals surface area contributed by atoms with Gasteiger partial charge < -0.3 is 15.8 Å². The number of hydrogen-bond acceptors (Lipinski definition) is 4. The first kappa shape index (κ1) is 15.5. The van der Waals surface area contributed by atoms with E-state index in [-0.39, 0.29) is 11.5 Å². The van der Waals surface area contributed by atoms with Crippen molar-refractivity contribution in [3.63, 3.8) is 0 Å². The molecule has 0 radical (unpaired) electrons. The molecule has 0 heterocycles. The minimum atomic E-state index is -0.320. The Morgan fingerprint density at radius 3 is 2.47 bits per heavy atom. The standard InChI is InChI=1S/C15H24N2O2/c1-5-11(2)17-15(3,4)10-19-14(18)12-6-8-13(16)9-7-12/h6-9,11,17H,5,10,16H2,1-4H3. The van der Waals surface area contributed by atoms with Gasteiger partial charge in [0.2, 0.25) is 0 Å². The van der Waals surface area contributed by atoms with Crippen molar-refractivity contribution in [3.8, 4) is 0 Å². The number of carbonyl (C=O) groups is 1. The molecule has 1 unspecified atom stereocenters. The van der Waals surface area contributed by atoms with Gasteiger partial charge in [-0.25, -0.2) is 4.79 Å². The fourth-order valence-electron chi connectivity index (χ4n) is 1.76. The predicted molar refractivity (Wildman–Crippen MR) is 78.1 cm³/mol. The maximum absolute atomic E-state index is 11.9. The lowest BCUT2D eigenvalue weighted by molar-refractivity contribution is 0.0389. The Kier molecular flexibility index (Phi) is 5.36. The summed E-state index contributed by atoms with van der Waals surface area (Å²) in [6.45, 7) is 8.61. The van der Waals surface area contributed by atoms with Crippen LogP contribution in [0.25, 0.3) is 0 Å². The summed E-state index contributed by atoms with van der Waals surface area (Å²) < 4.78 is 5.34. The average molecular weight is 264 g/mol. The lowest BCUT2D eigenvalue weighted by Crippen LogP contribution is -2.48. The molecule has 4 nitrogen and oxygen atoms in total. The van der Waals surface area contributed by atoms with Crippen LogP contribution >= 0.6 is 0 Å². The summed E-state index contributed by atoms with van der Waals surface area (Å²) in [6.07, 6.45) is 1.04. The SMILES string of the molecule is CCC(C)NC(C)(C)COC(=O)c1ccc(N)cc1. The van der Waals surface area contributed by atoms with Gasteiger partial charge in [-0.2, -0.15) is 0 Å². The Balaban J connectivity index is 2.51. The second-order valence-electron chi connectivity index (χ2n) is 5.54. The van der Waals surface area contributed by atoms with E-state index in [0.29, 0.717) is 23.9 Å². The van der Waals surface area contributed by atoms with Crippen molar-refractivity contribution >= 4 is 11.7 Å².